The average Bonchev–Trinajstić information content (AvgIpc) is 3.43. The number of aryl methyl sites for hydroxylation is 1. The molecule has 4 aliphatic rings. The van der Waals surface area contributed by atoms with Crippen LogP contribution in [0.15, 0.2) is 30.5 Å². The van der Waals surface area contributed by atoms with Gasteiger partial charge in [0.25, 0.3) is 0 Å². The summed E-state index contributed by atoms with van der Waals surface area (Å²) >= 11 is 1.80. The first-order chi connectivity index (χ1) is 17.4. The molecule has 192 valence electrons. The van der Waals surface area contributed by atoms with Gasteiger partial charge in [0.1, 0.15) is 11.9 Å². The van der Waals surface area contributed by atoms with E-state index >= 15 is 0 Å². The summed E-state index contributed by atoms with van der Waals surface area (Å²) in [6.07, 6.45) is 15.0. The highest BCUT2D eigenvalue weighted by molar-refractivity contribution is 7.16. The number of carbonyl (C=O) groups excluding carboxylic acids is 1. The maximum Gasteiger partial charge on any atom is 0.306 e. The Balaban J connectivity index is 1.23. The zero-order chi connectivity index (χ0) is 24.9. The molecule has 0 bridgehead atoms. The molecule has 6 rings (SSSR count). The van der Waals surface area contributed by atoms with Crippen LogP contribution in [0.3, 0.4) is 0 Å². The number of esters is 1. The maximum atomic E-state index is 12.5. The Hall–Kier alpha value is -2.21. The number of rotatable bonds is 6. The lowest BCUT2D eigenvalue weighted by molar-refractivity contribution is -0.159. The summed E-state index contributed by atoms with van der Waals surface area (Å²) in [5.41, 5.74) is 3.14. The Kier molecular flexibility index (Phi) is 6.22. The van der Waals surface area contributed by atoms with Crippen molar-refractivity contribution in [2.75, 3.05) is 5.32 Å². The molecule has 2 saturated carbocycles. The van der Waals surface area contributed by atoms with Crippen LogP contribution in [0.25, 0.3) is 5.57 Å². The van der Waals surface area contributed by atoms with Crippen molar-refractivity contribution < 1.29 is 9.53 Å². The largest absolute Gasteiger partial charge is 0.462 e. The smallest absolute Gasteiger partial charge is 0.306 e. The number of carbonyl (C=O) groups is 1. The Morgan fingerprint density at radius 1 is 1.19 bits per heavy atom. The van der Waals surface area contributed by atoms with E-state index in [-0.39, 0.29) is 22.9 Å². The molecule has 0 unspecified atom stereocenters. The standard InChI is InChI=1S/C30H39N3O2S/c1-4-5-9-26(34)35-24-13-12-20-19-10-11-22-27-23(32-28(36-27)33-25-8-6-7-18-31-25)15-17-29(22,2)21(19)14-16-30(20,24)3/h6-8,11,18-21,24H,4-5,9-10,12-17H2,1-3H3,(H,31,32,33)/t19-,20-,21-,24-,29+,30-/m0/s1. The highest BCUT2D eigenvalue weighted by Crippen LogP contribution is 2.66. The SMILES string of the molecule is CCCCC(=O)O[C@H]1CC[C@H]2[C@@H]3CC=C4c5sc(Nc6ccccn6)nc5CC[C@]4(C)[C@H]3CC[C@]12C. The monoisotopic (exact) mass is 505 g/mol. The zero-order valence-electron chi connectivity index (χ0n) is 21.9. The van der Waals surface area contributed by atoms with Crippen molar-refractivity contribution in [2.45, 2.75) is 91.1 Å². The average molecular weight is 506 g/mol. The summed E-state index contributed by atoms with van der Waals surface area (Å²) in [6.45, 7) is 7.09. The molecule has 4 aliphatic carbocycles. The molecular weight excluding hydrogens is 466 g/mol. The van der Waals surface area contributed by atoms with E-state index in [1.165, 1.54) is 36.3 Å². The first kappa shape index (κ1) is 24.1. The Bertz CT molecular complexity index is 1160. The van der Waals surface area contributed by atoms with Gasteiger partial charge in [0.2, 0.25) is 0 Å². The highest BCUT2D eigenvalue weighted by Gasteiger charge is 2.60. The third kappa shape index (κ3) is 3.91. The van der Waals surface area contributed by atoms with E-state index in [2.05, 4.69) is 37.1 Å². The third-order valence-corrected chi connectivity index (χ3v) is 11.2. The third-order valence-electron chi connectivity index (χ3n) is 10.1. The van der Waals surface area contributed by atoms with E-state index in [1.54, 1.807) is 16.9 Å². The van der Waals surface area contributed by atoms with Crippen LogP contribution in [0.4, 0.5) is 10.9 Å². The summed E-state index contributed by atoms with van der Waals surface area (Å²) in [5, 5.41) is 4.37. The van der Waals surface area contributed by atoms with Gasteiger partial charge in [-0.3, -0.25) is 4.79 Å². The number of ether oxygens (including phenoxy) is 1. The summed E-state index contributed by atoms with van der Waals surface area (Å²) in [6, 6.07) is 5.93. The fourth-order valence-corrected chi connectivity index (χ4v) is 9.36. The molecule has 36 heavy (non-hydrogen) atoms. The van der Waals surface area contributed by atoms with Crippen LogP contribution in [0, 0.1) is 28.6 Å². The minimum absolute atomic E-state index is 0.0174. The normalized spacial score (nSPS) is 34.6. The second-order valence-electron chi connectivity index (χ2n) is 12.0. The summed E-state index contributed by atoms with van der Waals surface area (Å²) in [4.78, 5) is 23.3. The van der Waals surface area contributed by atoms with Crippen molar-refractivity contribution in [2.24, 2.45) is 28.6 Å². The predicted molar refractivity (Wildman–Crippen MR) is 145 cm³/mol. The second-order valence-corrected chi connectivity index (χ2v) is 13.0. The molecule has 2 fully saturated rings. The lowest BCUT2D eigenvalue weighted by atomic mass is 9.48. The fourth-order valence-electron chi connectivity index (χ4n) is 8.16. The van der Waals surface area contributed by atoms with Gasteiger partial charge in [-0.2, -0.15) is 0 Å². The molecule has 0 aliphatic heterocycles. The zero-order valence-corrected chi connectivity index (χ0v) is 22.7. The van der Waals surface area contributed by atoms with Crippen molar-refractivity contribution in [3.05, 3.63) is 41.0 Å². The number of aromatic nitrogens is 2. The van der Waals surface area contributed by atoms with Crippen molar-refractivity contribution in [3.63, 3.8) is 0 Å². The lowest BCUT2D eigenvalue weighted by Crippen LogP contribution is -2.50. The first-order valence-corrected chi connectivity index (χ1v) is 14.8. The van der Waals surface area contributed by atoms with E-state index < -0.39 is 0 Å². The highest BCUT2D eigenvalue weighted by atomic mass is 32.1. The van der Waals surface area contributed by atoms with Crippen LogP contribution in [-0.4, -0.2) is 22.0 Å². The van der Waals surface area contributed by atoms with E-state index in [0.717, 1.165) is 43.1 Å². The van der Waals surface area contributed by atoms with Crippen LogP contribution < -0.4 is 5.32 Å². The number of unbranched alkanes of at least 4 members (excludes halogenated alkanes) is 1. The molecule has 1 N–H and O–H groups in total. The van der Waals surface area contributed by atoms with Gasteiger partial charge in [-0.05, 0) is 92.2 Å². The molecule has 0 spiro atoms. The van der Waals surface area contributed by atoms with Crippen LogP contribution in [0.2, 0.25) is 0 Å². The minimum Gasteiger partial charge on any atom is -0.462 e. The van der Waals surface area contributed by atoms with E-state index in [0.29, 0.717) is 24.2 Å². The van der Waals surface area contributed by atoms with Gasteiger partial charge in [0, 0.05) is 18.0 Å². The first-order valence-electron chi connectivity index (χ1n) is 14.0. The molecule has 2 aromatic heterocycles. The molecule has 6 atom stereocenters. The molecule has 5 nitrogen and oxygen atoms in total. The van der Waals surface area contributed by atoms with Gasteiger partial charge >= 0.3 is 5.97 Å². The fraction of sp³-hybridized carbons (Fsp3) is 0.633. The minimum atomic E-state index is 0.0174. The van der Waals surface area contributed by atoms with Crippen LogP contribution in [0.1, 0.15) is 89.1 Å². The summed E-state index contributed by atoms with van der Waals surface area (Å²) in [5.74, 6) is 2.91. The Labute approximate surface area is 219 Å². The quantitative estimate of drug-likeness (QED) is 0.410. The number of hydrogen-bond donors (Lipinski definition) is 1. The number of hydrogen-bond acceptors (Lipinski definition) is 6. The second kappa shape index (κ2) is 9.27. The van der Waals surface area contributed by atoms with Gasteiger partial charge in [0.05, 0.1) is 10.6 Å². The summed E-state index contributed by atoms with van der Waals surface area (Å²) in [7, 11) is 0. The number of anilines is 2. The van der Waals surface area contributed by atoms with Crippen LogP contribution in [0.5, 0.6) is 0 Å². The van der Waals surface area contributed by atoms with Gasteiger partial charge in [-0.25, -0.2) is 9.97 Å². The van der Waals surface area contributed by atoms with Crippen molar-refractivity contribution >= 4 is 33.8 Å². The Morgan fingerprint density at radius 3 is 2.89 bits per heavy atom. The number of thiazole rings is 1. The van der Waals surface area contributed by atoms with Crippen molar-refractivity contribution in [1.29, 1.82) is 0 Å². The molecule has 0 aromatic carbocycles. The number of pyridine rings is 1. The molecule has 0 radical (unpaired) electrons. The van der Waals surface area contributed by atoms with E-state index in [9.17, 15) is 4.79 Å². The van der Waals surface area contributed by atoms with Gasteiger partial charge in [0.15, 0.2) is 5.13 Å². The number of allylic oxidation sites excluding steroid dienone is 2. The Morgan fingerprint density at radius 2 is 2.08 bits per heavy atom. The molecule has 0 saturated heterocycles. The van der Waals surface area contributed by atoms with Gasteiger partial charge < -0.3 is 10.1 Å². The van der Waals surface area contributed by atoms with Crippen molar-refractivity contribution in [1.82, 2.24) is 9.97 Å². The predicted octanol–water partition coefficient (Wildman–Crippen LogP) is 7.57. The summed E-state index contributed by atoms with van der Waals surface area (Å²) < 4.78 is 6.12. The number of nitrogens with zero attached hydrogens (tertiary/aromatic N) is 2. The number of fused-ring (bicyclic) bond motifs is 7. The van der Waals surface area contributed by atoms with Crippen LogP contribution in [-0.2, 0) is 16.0 Å². The molecular formula is C30H39N3O2S. The van der Waals surface area contributed by atoms with Crippen molar-refractivity contribution in [3.8, 4) is 0 Å². The van der Waals surface area contributed by atoms with Gasteiger partial charge in [-0.1, -0.05) is 50.7 Å². The number of nitrogens with one attached hydrogen (secondary N) is 1. The lowest BCUT2D eigenvalue weighted by Gasteiger charge is -2.56. The molecule has 2 aromatic rings. The van der Waals surface area contributed by atoms with E-state index in [1.807, 2.05) is 24.4 Å². The topological polar surface area (TPSA) is 64.1 Å². The molecule has 6 heteroatoms. The van der Waals surface area contributed by atoms with E-state index in [4.69, 9.17) is 9.72 Å². The molecule has 0 amide bonds. The van der Waals surface area contributed by atoms with Gasteiger partial charge in [-0.15, -0.1) is 0 Å². The maximum absolute atomic E-state index is 12.5. The molecule has 2 heterocycles. The van der Waals surface area contributed by atoms with Crippen LogP contribution >= 0.6 is 11.3 Å².